The van der Waals surface area contributed by atoms with Crippen LogP contribution < -0.4 is 10.1 Å². The summed E-state index contributed by atoms with van der Waals surface area (Å²) >= 11 is 1.13. The number of carbonyl (C=O) groups excluding carboxylic acids is 2. The molecule has 0 fully saturated rings. The van der Waals surface area contributed by atoms with Crippen molar-refractivity contribution >= 4 is 29.3 Å². The number of benzene rings is 2. The molecule has 31 heavy (non-hydrogen) atoms. The largest absolute Gasteiger partial charge is 0.484 e. The third-order valence-electron chi connectivity index (χ3n) is 3.87. The molecule has 0 aliphatic carbocycles. The number of nitrogens with zero attached hydrogens (tertiary/aromatic N) is 2. The maximum Gasteiger partial charge on any atom is 0.338 e. The van der Waals surface area contributed by atoms with Crippen LogP contribution in [0.25, 0.3) is 0 Å². The van der Waals surface area contributed by atoms with Crippen LogP contribution in [0.15, 0.2) is 58.2 Å². The lowest BCUT2D eigenvalue weighted by Crippen LogP contribution is -2.14. The quantitative estimate of drug-likeness (QED) is 0.388. The molecular formula is C22H23N3O5S. The fourth-order valence-electron chi connectivity index (χ4n) is 2.50. The highest BCUT2D eigenvalue weighted by molar-refractivity contribution is 7.99. The van der Waals surface area contributed by atoms with E-state index in [2.05, 4.69) is 15.5 Å². The number of hydrogen-bond donors (Lipinski definition) is 1. The van der Waals surface area contributed by atoms with Crippen LogP contribution in [0.4, 0.5) is 5.69 Å². The number of thioether (sulfide) groups is 1. The molecule has 3 aromatic rings. The number of anilines is 1. The molecule has 1 N–H and O–H groups in total. The molecule has 9 heteroatoms. The third kappa shape index (κ3) is 7.14. The van der Waals surface area contributed by atoms with Gasteiger partial charge in [0.2, 0.25) is 5.91 Å². The molecule has 162 valence electrons. The fourth-order valence-corrected chi connectivity index (χ4v) is 3.08. The van der Waals surface area contributed by atoms with Crippen molar-refractivity contribution in [3.8, 4) is 5.75 Å². The Labute approximate surface area is 184 Å². The van der Waals surface area contributed by atoms with Crippen molar-refractivity contribution in [1.82, 2.24) is 10.2 Å². The maximum atomic E-state index is 12.2. The lowest BCUT2D eigenvalue weighted by Gasteiger charge is -2.08. The van der Waals surface area contributed by atoms with Gasteiger partial charge >= 0.3 is 5.97 Å². The van der Waals surface area contributed by atoms with Gasteiger partial charge in [0.05, 0.1) is 17.4 Å². The number of amides is 1. The number of rotatable bonds is 9. The first-order valence-corrected chi connectivity index (χ1v) is 10.6. The minimum atomic E-state index is -0.401. The molecule has 0 spiro atoms. The van der Waals surface area contributed by atoms with Crippen LogP contribution in [0, 0.1) is 6.92 Å². The second-order valence-corrected chi connectivity index (χ2v) is 7.86. The highest BCUT2D eigenvalue weighted by atomic mass is 32.2. The Morgan fingerprint density at radius 1 is 1.13 bits per heavy atom. The van der Waals surface area contributed by atoms with E-state index in [0.29, 0.717) is 17.1 Å². The Kier molecular flexibility index (Phi) is 7.66. The fraction of sp³-hybridized carbons (Fsp3) is 0.273. The summed E-state index contributed by atoms with van der Waals surface area (Å²) in [6.07, 6.45) is -0.191. The van der Waals surface area contributed by atoms with Crippen molar-refractivity contribution in [1.29, 1.82) is 0 Å². The smallest absolute Gasteiger partial charge is 0.338 e. The molecule has 1 amide bonds. The van der Waals surface area contributed by atoms with E-state index in [1.807, 2.05) is 31.2 Å². The topological polar surface area (TPSA) is 104 Å². The summed E-state index contributed by atoms with van der Waals surface area (Å²) in [5, 5.41) is 10.9. The number of hydrogen-bond acceptors (Lipinski definition) is 8. The molecule has 1 aromatic heterocycles. The molecule has 0 aliphatic heterocycles. The van der Waals surface area contributed by atoms with Gasteiger partial charge in [-0.2, -0.15) is 0 Å². The number of ether oxygens (including phenoxy) is 2. The summed E-state index contributed by atoms with van der Waals surface area (Å²) in [5.41, 5.74) is 2.09. The SMILES string of the molecule is Cc1cccc(OCc2nnc(SCC(=O)Nc3ccc(C(=O)OC(C)C)cc3)o2)c1. The van der Waals surface area contributed by atoms with E-state index in [1.54, 1.807) is 38.1 Å². The van der Waals surface area contributed by atoms with Gasteiger partial charge in [-0.1, -0.05) is 23.9 Å². The molecule has 3 rings (SSSR count). The number of aromatic nitrogens is 2. The Balaban J connectivity index is 1.44. The van der Waals surface area contributed by atoms with E-state index in [1.165, 1.54) is 0 Å². The Morgan fingerprint density at radius 2 is 1.90 bits per heavy atom. The summed E-state index contributed by atoms with van der Waals surface area (Å²) < 4.78 is 16.2. The van der Waals surface area contributed by atoms with Gasteiger partial charge in [-0.05, 0) is 62.7 Å². The van der Waals surface area contributed by atoms with Gasteiger partial charge in [0.15, 0.2) is 6.61 Å². The summed E-state index contributed by atoms with van der Waals surface area (Å²) in [6.45, 7) is 5.70. The van der Waals surface area contributed by atoms with Crippen LogP contribution in [-0.4, -0.2) is 33.9 Å². The molecule has 0 bridgehead atoms. The third-order valence-corrected chi connectivity index (χ3v) is 4.69. The van der Waals surface area contributed by atoms with Crippen LogP contribution in [0.2, 0.25) is 0 Å². The zero-order valence-corrected chi connectivity index (χ0v) is 18.3. The lowest BCUT2D eigenvalue weighted by molar-refractivity contribution is -0.113. The van der Waals surface area contributed by atoms with Crippen molar-refractivity contribution in [3.63, 3.8) is 0 Å². The molecular weight excluding hydrogens is 418 g/mol. The standard InChI is InChI=1S/C22H23N3O5S/c1-14(2)29-21(27)16-7-9-17(10-8-16)23-19(26)13-31-22-25-24-20(30-22)12-28-18-6-4-5-15(3)11-18/h4-11,14H,12-13H2,1-3H3,(H,23,26). The highest BCUT2D eigenvalue weighted by Gasteiger charge is 2.12. The lowest BCUT2D eigenvalue weighted by atomic mass is 10.2. The van der Waals surface area contributed by atoms with Crippen LogP contribution in [0.1, 0.15) is 35.7 Å². The van der Waals surface area contributed by atoms with Gasteiger partial charge in [-0.3, -0.25) is 4.79 Å². The molecule has 0 saturated carbocycles. The number of aryl methyl sites for hydroxylation is 1. The van der Waals surface area contributed by atoms with Crippen LogP contribution in [0.3, 0.4) is 0 Å². The van der Waals surface area contributed by atoms with E-state index >= 15 is 0 Å². The zero-order valence-electron chi connectivity index (χ0n) is 17.5. The van der Waals surface area contributed by atoms with Crippen molar-refractivity contribution in [2.45, 2.75) is 38.7 Å². The number of esters is 1. The summed E-state index contributed by atoms with van der Waals surface area (Å²) in [6, 6.07) is 14.1. The van der Waals surface area contributed by atoms with Gasteiger partial charge in [-0.25, -0.2) is 4.79 Å². The minimum Gasteiger partial charge on any atom is -0.484 e. The first kappa shape index (κ1) is 22.4. The number of carbonyl (C=O) groups is 2. The predicted molar refractivity (Wildman–Crippen MR) is 116 cm³/mol. The van der Waals surface area contributed by atoms with Gasteiger partial charge in [0.25, 0.3) is 11.1 Å². The van der Waals surface area contributed by atoms with Crippen LogP contribution >= 0.6 is 11.8 Å². The Hall–Kier alpha value is -3.33. The predicted octanol–water partition coefficient (Wildman–Crippen LogP) is 4.25. The first-order valence-electron chi connectivity index (χ1n) is 9.64. The molecule has 0 unspecified atom stereocenters. The Bertz CT molecular complexity index is 1030. The molecule has 8 nitrogen and oxygen atoms in total. The minimum absolute atomic E-state index is 0.0948. The average Bonchev–Trinajstić information content (AvgIpc) is 3.19. The molecule has 0 radical (unpaired) electrons. The second kappa shape index (κ2) is 10.6. The molecule has 2 aromatic carbocycles. The summed E-state index contributed by atoms with van der Waals surface area (Å²) in [5.74, 6) is 0.501. The second-order valence-electron chi connectivity index (χ2n) is 6.94. The van der Waals surface area contributed by atoms with E-state index in [4.69, 9.17) is 13.9 Å². The van der Waals surface area contributed by atoms with Crippen molar-refractivity contribution < 1.29 is 23.5 Å². The van der Waals surface area contributed by atoms with Gasteiger partial charge in [-0.15, -0.1) is 10.2 Å². The summed E-state index contributed by atoms with van der Waals surface area (Å²) in [4.78, 5) is 24.0. The molecule has 0 aliphatic rings. The summed E-state index contributed by atoms with van der Waals surface area (Å²) in [7, 11) is 0. The monoisotopic (exact) mass is 441 g/mol. The van der Waals surface area contributed by atoms with E-state index in [0.717, 1.165) is 23.1 Å². The van der Waals surface area contributed by atoms with Crippen LogP contribution in [0.5, 0.6) is 5.75 Å². The van der Waals surface area contributed by atoms with Crippen molar-refractivity contribution in [3.05, 3.63) is 65.5 Å². The van der Waals surface area contributed by atoms with Crippen molar-refractivity contribution in [2.24, 2.45) is 0 Å². The van der Waals surface area contributed by atoms with Crippen LogP contribution in [-0.2, 0) is 16.1 Å². The van der Waals surface area contributed by atoms with E-state index in [-0.39, 0.29) is 29.6 Å². The normalized spacial score (nSPS) is 10.7. The molecule has 0 atom stereocenters. The number of nitrogens with one attached hydrogen (secondary N) is 1. The molecule has 0 saturated heterocycles. The zero-order chi connectivity index (χ0) is 22.2. The average molecular weight is 442 g/mol. The van der Waals surface area contributed by atoms with Gasteiger partial charge < -0.3 is 19.2 Å². The molecule has 1 heterocycles. The van der Waals surface area contributed by atoms with E-state index in [9.17, 15) is 9.59 Å². The highest BCUT2D eigenvalue weighted by Crippen LogP contribution is 2.19. The van der Waals surface area contributed by atoms with Gasteiger partial charge in [0, 0.05) is 5.69 Å². The van der Waals surface area contributed by atoms with E-state index < -0.39 is 5.97 Å². The Morgan fingerprint density at radius 3 is 2.61 bits per heavy atom. The maximum absolute atomic E-state index is 12.2. The van der Waals surface area contributed by atoms with Crippen molar-refractivity contribution in [2.75, 3.05) is 11.1 Å². The van der Waals surface area contributed by atoms with Gasteiger partial charge in [0.1, 0.15) is 5.75 Å². The first-order chi connectivity index (χ1) is 14.9.